The van der Waals surface area contributed by atoms with E-state index in [9.17, 15) is 5.11 Å². The normalized spacial score (nSPS) is 13.0. The van der Waals surface area contributed by atoms with E-state index >= 15 is 0 Å². The quantitative estimate of drug-likeness (QED) is 0.643. The van der Waals surface area contributed by atoms with E-state index < -0.39 is 0 Å². The molecule has 1 heterocycles. The Morgan fingerprint density at radius 1 is 1.41 bits per heavy atom. The molecule has 0 saturated carbocycles. The Bertz CT molecular complexity index is 646. The number of aromatic amines is 1. The number of rotatable bonds is 4. The van der Waals surface area contributed by atoms with Gasteiger partial charge in [0.05, 0.1) is 12.3 Å². The fraction of sp³-hybridized carbons (Fsp3) is 0.412. The lowest BCUT2D eigenvalue weighted by atomic mass is 9.91. The van der Waals surface area contributed by atoms with Crippen molar-refractivity contribution in [1.29, 1.82) is 0 Å². The van der Waals surface area contributed by atoms with Crippen molar-refractivity contribution in [2.24, 2.45) is 5.41 Å². The molecule has 0 aliphatic carbocycles. The van der Waals surface area contributed by atoms with Gasteiger partial charge >= 0.3 is 0 Å². The fourth-order valence-electron chi connectivity index (χ4n) is 1.64. The average Bonchev–Trinajstić information content (AvgIpc) is 2.54. The third-order valence-electron chi connectivity index (χ3n) is 2.84. The molecule has 22 heavy (non-hydrogen) atoms. The molecule has 4 nitrogen and oxygen atoms in total. The van der Waals surface area contributed by atoms with Crippen molar-refractivity contribution < 1.29 is 5.11 Å². The van der Waals surface area contributed by atoms with Crippen LogP contribution in [0.3, 0.4) is 0 Å². The predicted octanol–water partition coefficient (Wildman–Crippen LogP) is 4.28. The molecule has 2 N–H and O–H groups in total. The Labute approximate surface area is 137 Å². The van der Waals surface area contributed by atoms with Crippen LogP contribution >= 0.6 is 12.2 Å². The van der Waals surface area contributed by atoms with Crippen LogP contribution in [-0.2, 0) is 0 Å². The number of aliphatic hydroxyl groups is 1. The van der Waals surface area contributed by atoms with Crippen LogP contribution in [0.2, 0.25) is 0 Å². The van der Waals surface area contributed by atoms with Gasteiger partial charge in [0.25, 0.3) is 0 Å². The summed E-state index contributed by atoms with van der Waals surface area (Å²) in [6.45, 7) is 8.49. The summed E-state index contributed by atoms with van der Waals surface area (Å²) < 4.78 is 0.705. The van der Waals surface area contributed by atoms with Crippen molar-refractivity contribution in [3.63, 3.8) is 0 Å². The number of hydrogen-bond donors (Lipinski definition) is 2. The van der Waals surface area contributed by atoms with E-state index in [2.05, 4.69) is 37.0 Å². The van der Waals surface area contributed by atoms with Crippen LogP contribution in [0.5, 0.6) is 0 Å². The summed E-state index contributed by atoms with van der Waals surface area (Å²) in [5.74, 6) is 0. The van der Waals surface area contributed by atoms with Crippen LogP contribution < -0.4 is 0 Å². The number of allylic oxidation sites excluding steroid dienone is 3. The van der Waals surface area contributed by atoms with Gasteiger partial charge in [-0.25, -0.2) is 0 Å². The summed E-state index contributed by atoms with van der Waals surface area (Å²) >= 11 is 5.12. The number of nitrogens with zero attached hydrogens (tertiary/aromatic N) is 2. The first-order valence-corrected chi connectivity index (χ1v) is 7.68. The number of hydrogen-bond acceptors (Lipinski definition) is 3. The maximum absolute atomic E-state index is 9.62. The zero-order chi connectivity index (χ0) is 16.6. The Morgan fingerprint density at radius 2 is 2.14 bits per heavy atom. The summed E-state index contributed by atoms with van der Waals surface area (Å²) in [5, 5.41) is 16.9. The van der Waals surface area contributed by atoms with Crippen molar-refractivity contribution in [3.8, 4) is 0 Å². The lowest BCUT2D eigenvalue weighted by Crippen LogP contribution is -2.08. The first-order chi connectivity index (χ1) is 10.3. The summed E-state index contributed by atoms with van der Waals surface area (Å²) in [5.41, 5.74) is 1.99. The molecule has 0 bridgehead atoms. The van der Waals surface area contributed by atoms with Crippen molar-refractivity contribution in [2.75, 3.05) is 6.61 Å². The third-order valence-corrected chi connectivity index (χ3v) is 3.11. The molecule has 5 heteroatoms. The van der Waals surface area contributed by atoms with Gasteiger partial charge in [0.2, 0.25) is 0 Å². The minimum Gasteiger partial charge on any atom is -0.390 e. The second-order valence-electron chi connectivity index (χ2n) is 6.31. The standard InChI is InChI=1S/C17H25N3OS/c1-14(7-9-17(2,3)4)12-15(13-21)20-18-10-5-6-16(22)8-11-19-20/h5-8,10-12,19,21H,9,13H2,1-4H3/b6-5?,11-8?,14-7-,15-12+,18-10?. The molecular weight excluding hydrogens is 294 g/mol. The van der Waals surface area contributed by atoms with Gasteiger partial charge in [-0.3, -0.25) is 5.10 Å². The van der Waals surface area contributed by atoms with Gasteiger partial charge in [-0.15, -0.1) is 0 Å². The summed E-state index contributed by atoms with van der Waals surface area (Å²) in [6, 6.07) is 5.33. The van der Waals surface area contributed by atoms with Gasteiger partial charge < -0.3 is 5.11 Å². The Hall–Kier alpha value is -1.72. The molecular formula is C17H25N3OS. The Balaban J connectivity index is 3.15. The van der Waals surface area contributed by atoms with Crippen molar-refractivity contribution in [3.05, 3.63) is 52.8 Å². The minimum absolute atomic E-state index is 0.118. The van der Waals surface area contributed by atoms with Gasteiger partial charge in [-0.1, -0.05) is 44.6 Å². The summed E-state index contributed by atoms with van der Waals surface area (Å²) in [4.78, 5) is 1.53. The first kappa shape index (κ1) is 18.3. The van der Waals surface area contributed by atoms with Crippen LogP contribution in [0.4, 0.5) is 0 Å². The van der Waals surface area contributed by atoms with E-state index in [1.54, 1.807) is 30.6 Å². The van der Waals surface area contributed by atoms with Crippen LogP contribution in [-0.4, -0.2) is 26.7 Å². The summed E-state index contributed by atoms with van der Waals surface area (Å²) in [7, 11) is 0. The fourth-order valence-corrected chi connectivity index (χ4v) is 1.79. The van der Waals surface area contributed by atoms with E-state index in [4.69, 9.17) is 12.2 Å². The molecule has 0 fully saturated rings. The number of nitrogens with one attached hydrogen (secondary N) is 1. The van der Waals surface area contributed by atoms with Crippen LogP contribution in [0, 0.1) is 9.93 Å². The maximum Gasteiger partial charge on any atom is 0.0870 e. The molecule has 0 aromatic carbocycles. The molecule has 0 radical (unpaired) electrons. The zero-order valence-corrected chi connectivity index (χ0v) is 14.5. The van der Waals surface area contributed by atoms with Gasteiger partial charge in [0.1, 0.15) is 0 Å². The van der Waals surface area contributed by atoms with Crippen LogP contribution in [0.1, 0.15) is 34.1 Å². The highest BCUT2D eigenvalue weighted by Gasteiger charge is 2.07. The molecule has 0 spiro atoms. The van der Waals surface area contributed by atoms with E-state index in [1.807, 2.05) is 13.0 Å². The highest BCUT2D eigenvalue weighted by atomic mass is 32.1. The van der Waals surface area contributed by atoms with Gasteiger partial charge in [0, 0.05) is 16.9 Å². The predicted molar refractivity (Wildman–Crippen MR) is 94.2 cm³/mol. The molecule has 0 saturated heterocycles. The lowest BCUT2D eigenvalue weighted by Gasteiger charge is -2.15. The van der Waals surface area contributed by atoms with Crippen LogP contribution in [0.15, 0.2) is 48.3 Å². The second kappa shape index (κ2) is 8.66. The minimum atomic E-state index is -0.118. The second-order valence-corrected chi connectivity index (χ2v) is 6.78. The molecule has 0 amide bonds. The maximum atomic E-state index is 9.62. The largest absolute Gasteiger partial charge is 0.390 e. The van der Waals surface area contributed by atoms with E-state index in [0.717, 1.165) is 12.0 Å². The molecule has 1 rings (SSSR count). The molecule has 1 aromatic rings. The summed E-state index contributed by atoms with van der Waals surface area (Å²) in [6.07, 6.45) is 8.39. The highest BCUT2D eigenvalue weighted by Crippen LogP contribution is 2.20. The topological polar surface area (TPSA) is 53.8 Å². The highest BCUT2D eigenvalue weighted by molar-refractivity contribution is 7.71. The zero-order valence-electron chi connectivity index (χ0n) is 13.7. The van der Waals surface area contributed by atoms with Gasteiger partial charge in [-0.05, 0) is 43.0 Å². The van der Waals surface area contributed by atoms with Gasteiger partial charge in [-0.2, -0.15) is 9.90 Å². The molecule has 0 atom stereocenters. The monoisotopic (exact) mass is 319 g/mol. The Kier molecular flexibility index (Phi) is 7.21. The molecule has 0 aliphatic rings. The number of H-pyrrole nitrogens is 1. The molecule has 0 unspecified atom stereocenters. The SMILES string of the molecule is CC(=C/CC(C)(C)C)/C=C(\CO)n1ncccc(=S)cc[nH]1. The van der Waals surface area contributed by atoms with Crippen molar-refractivity contribution >= 4 is 17.9 Å². The van der Waals surface area contributed by atoms with E-state index in [1.165, 1.54) is 4.80 Å². The molecule has 0 aliphatic heterocycles. The number of aliphatic hydroxyl groups excluding tert-OH is 1. The van der Waals surface area contributed by atoms with Gasteiger partial charge in [0.15, 0.2) is 0 Å². The third kappa shape index (κ3) is 7.33. The van der Waals surface area contributed by atoms with E-state index in [-0.39, 0.29) is 12.0 Å². The lowest BCUT2D eigenvalue weighted by molar-refractivity contribution is 0.339. The first-order valence-electron chi connectivity index (χ1n) is 7.27. The Morgan fingerprint density at radius 3 is 2.77 bits per heavy atom. The smallest absolute Gasteiger partial charge is 0.0870 e. The number of aromatic nitrogens is 3. The van der Waals surface area contributed by atoms with E-state index in [0.29, 0.717) is 10.2 Å². The van der Waals surface area contributed by atoms with Crippen molar-refractivity contribution in [2.45, 2.75) is 34.1 Å². The average molecular weight is 319 g/mol. The molecule has 120 valence electrons. The van der Waals surface area contributed by atoms with Crippen LogP contribution in [0.25, 0.3) is 5.70 Å². The molecule has 1 aromatic heterocycles. The van der Waals surface area contributed by atoms with Crippen molar-refractivity contribution in [1.82, 2.24) is 15.0 Å².